The van der Waals surface area contributed by atoms with E-state index in [0.29, 0.717) is 6.42 Å². The highest BCUT2D eigenvalue weighted by atomic mass is 16.1. The standard InChI is InChI=1S/C35H44O/c1-5-7-9-13-21-35(22-14-10-8-6-2)32-16-12-11-15-30(32)31-20-19-28(24-33(31)35)34(36)25-29-23-26(3)17-18-27(29)4/h11-12,15-20,23-24H,5-10,13-14,21-22,25H2,1-4H3. The molecule has 0 fully saturated rings. The van der Waals surface area contributed by atoms with Gasteiger partial charge in [0.2, 0.25) is 0 Å². The zero-order valence-corrected chi connectivity index (χ0v) is 23.0. The Kier molecular flexibility index (Phi) is 8.83. The van der Waals surface area contributed by atoms with Gasteiger partial charge in [0.05, 0.1) is 0 Å². The van der Waals surface area contributed by atoms with Gasteiger partial charge in [-0.15, -0.1) is 0 Å². The third kappa shape index (κ3) is 5.51. The minimum Gasteiger partial charge on any atom is -0.294 e. The van der Waals surface area contributed by atoms with Gasteiger partial charge in [-0.3, -0.25) is 4.79 Å². The first-order valence-electron chi connectivity index (χ1n) is 14.3. The molecular weight excluding hydrogens is 436 g/mol. The fraction of sp³-hybridized carbons (Fsp3) is 0.457. The second kappa shape index (κ2) is 12.0. The summed E-state index contributed by atoms with van der Waals surface area (Å²) < 4.78 is 0. The molecule has 0 aromatic heterocycles. The normalized spacial score (nSPS) is 13.4. The predicted molar refractivity (Wildman–Crippen MR) is 154 cm³/mol. The molecule has 0 spiro atoms. The summed E-state index contributed by atoms with van der Waals surface area (Å²) in [7, 11) is 0. The number of ketones is 1. The van der Waals surface area contributed by atoms with Crippen molar-refractivity contribution < 1.29 is 4.79 Å². The van der Waals surface area contributed by atoms with E-state index in [1.165, 1.54) is 97.6 Å². The first-order chi connectivity index (χ1) is 17.5. The number of rotatable bonds is 13. The summed E-state index contributed by atoms with van der Waals surface area (Å²) in [5.41, 5.74) is 10.1. The van der Waals surface area contributed by atoms with Crippen molar-refractivity contribution in [3.8, 4) is 11.1 Å². The van der Waals surface area contributed by atoms with Crippen LogP contribution >= 0.6 is 0 Å². The molecule has 0 saturated heterocycles. The summed E-state index contributed by atoms with van der Waals surface area (Å²) >= 11 is 0. The summed E-state index contributed by atoms with van der Waals surface area (Å²) in [6.45, 7) is 8.79. The maximum absolute atomic E-state index is 13.6. The van der Waals surface area contributed by atoms with E-state index in [-0.39, 0.29) is 11.2 Å². The fourth-order valence-electron chi connectivity index (χ4n) is 6.27. The monoisotopic (exact) mass is 480 g/mol. The smallest absolute Gasteiger partial charge is 0.167 e. The lowest BCUT2D eigenvalue weighted by Gasteiger charge is -2.33. The van der Waals surface area contributed by atoms with Gasteiger partial charge in [-0.05, 0) is 66.1 Å². The Hall–Kier alpha value is -2.67. The summed E-state index contributed by atoms with van der Waals surface area (Å²) in [4.78, 5) is 13.6. The minimum atomic E-state index is 0.0307. The van der Waals surface area contributed by atoms with Crippen LogP contribution in [0, 0.1) is 13.8 Å². The number of fused-ring (bicyclic) bond motifs is 3. The number of carbonyl (C=O) groups is 1. The number of carbonyl (C=O) groups excluding carboxylic acids is 1. The van der Waals surface area contributed by atoms with E-state index in [1.807, 2.05) is 0 Å². The first kappa shape index (κ1) is 26.4. The largest absolute Gasteiger partial charge is 0.294 e. The zero-order valence-electron chi connectivity index (χ0n) is 23.0. The van der Waals surface area contributed by atoms with Crippen LogP contribution in [0.4, 0.5) is 0 Å². The molecule has 0 atom stereocenters. The Morgan fingerprint density at radius 3 is 2.06 bits per heavy atom. The van der Waals surface area contributed by atoms with E-state index < -0.39 is 0 Å². The minimum absolute atomic E-state index is 0.0307. The summed E-state index contributed by atoms with van der Waals surface area (Å²) in [5.74, 6) is 0.230. The van der Waals surface area contributed by atoms with Crippen LogP contribution in [0.2, 0.25) is 0 Å². The third-order valence-electron chi connectivity index (χ3n) is 8.36. The SMILES string of the molecule is CCCCCCC1(CCCCCC)c2ccccc2-c2ccc(C(=O)Cc3cc(C)ccc3C)cc21. The maximum atomic E-state index is 13.6. The number of benzene rings is 3. The van der Waals surface area contributed by atoms with Crippen molar-refractivity contribution in [2.24, 2.45) is 0 Å². The quantitative estimate of drug-likeness (QED) is 0.176. The lowest BCUT2D eigenvalue weighted by Crippen LogP contribution is -2.26. The number of hydrogen-bond acceptors (Lipinski definition) is 1. The highest BCUT2D eigenvalue weighted by Crippen LogP contribution is 2.54. The van der Waals surface area contributed by atoms with Gasteiger partial charge in [0, 0.05) is 17.4 Å². The van der Waals surface area contributed by atoms with Gasteiger partial charge in [0.1, 0.15) is 0 Å². The number of aryl methyl sites for hydroxylation is 2. The number of hydrogen-bond donors (Lipinski definition) is 0. The molecule has 190 valence electrons. The van der Waals surface area contributed by atoms with Gasteiger partial charge in [-0.1, -0.05) is 125 Å². The lowest BCUT2D eigenvalue weighted by molar-refractivity contribution is 0.0992. The average Bonchev–Trinajstić information content (AvgIpc) is 3.16. The van der Waals surface area contributed by atoms with Crippen LogP contribution in [-0.4, -0.2) is 5.78 Å². The van der Waals surface area contributed by atoms with E-state index in [1.54, 1.807) is 0 Å². The molecule has 0 N–H and O–H groups in total. The van der Waals surface area contributed by atoms with Crippen LogP contribution in [0.25, 0.3) is 11.1 Å². The molecule has 0 heterocycles. The molecule has 0 bridgehead atoms. The van der Waals surface area contributed by atoms with Crippen molar-refractivity contribution in [1.82, 2.24) is 0 Å². The molecule has 0 unspecified atom stereocenters. The molecule has 36 heavy (non-hydrogen) atoms. The maximum Gasteiger partial charge on any atom is 0.167 e. The molecule has 0 aliphatic heterocycles. The van der Waals surface area contributed by atoms with Gasteiger partial charge in [0.25, 0.3) is 0 Å². The van der Waals surface area contributed by atoms with Gasteiger partial charge in [0.15, 0.2) is 5.78 Å². The van der Waals surface area contributed by atoms with Gasteiger partial charge >= 0.3 is 0 Å². The van der Waals surface area contributed by atoms with E-state index in [9.17, 15) is 4.79 Å². The summed E-state index contributed by atoms with van der Waals surface area (Å²) in [6.07, 6.45) is 13.0. The Morgan fingerprint density at radius 1 is 0.694 bits per heavy atom. The molecule has 3 aromatic carbocycles. The van der Waals surface area contributed by atoms with Gasteiger partial charge < -0.3 is 0 Å². The van der Waals surface area contributed by atoms with E-state index >= 15 is 0 Å². The van der Waals surface area contributed by atoms with Crippen molar-refractivity contribution in [1.29, 1.82) is 0 Å². The Balaban J connectivity index is 1.72. The topological polar surface area (TPSA) is 17.1 Å². The Bertz CT molecular complexity index is 1170. The number of Topliss-reactive ketones (excluding diaryl/α,β-unsaturated/α-hetero) is 1. The summed E-state index contributed by atoms with van der Waals surface area (Å²) in [6, 6.07) is 22.1. The van der Waals surface area contributed by atoms with Crippen molar-refractivity contribution in [3.63, 3.8) is 0 Å². The van der Waals surface area contributed by atoms with E-state index in [2.05, 4.69) is 88.4 Å². The first-order valence-corrected chi connectivity index (χ1v) is 14.3. The van der Waals surface area contributed by atoms with Crippen molar-refractivity contribution in [2.75, 3.05) is 0 Å². The third-order valence-corrected chi connectivity index (χ3v) is 8.36. The van der Waals surface area contributed by atoms with Crippen LogP contribution in [0.3, 0.4) is 0 Å². The van der Waals surface area contributed by atoms with Crippen LogP contribution in [0.15, 0.2) is 60.7 Å². The molecule has 1 heteroatoms. The highest BCUT2D eigenvalue weighted by Gasteiger charge is 2.42. The molecule has 0 amide bonds. The Morgan fingerprint density at radius 2 is 1.36 bits per heavy atom. The van der Waals surface area contributed by atoms with Crippen LogP contribution in [0.1, 0.15) is 116 Å². The molecule has 1 nitrogen and oxygen atoms in total. The predicted octanol–water partition coefficient (Wildman–Crippen LogP) is 9.94. The molecular formula is C35H44O. The van der Waals surface area contributed by atoms with Crippen LogP contribution < -0.4 is 0 Å². The summed E-state index contributed by atoms with van der Waals surface area (Å²) in [5, 5.41) is 0. The van der Waals surface area contributed by atoms with Gasteiger partial charge in [-0.2, -0.15) is 0 Å². The zero-order chi connectivity index (χ0) is 25.5. The fourth-order valence-corrected chi connectivity index (χ4v) is 6.27. The molecule has 0 saturated carbocycles. The van der Waals surface area contributed by atoms with Crippen molar-refractivity contribution in [2.45, 2.75) is 104 Å². The lowest BCUT2D eigenvalue weighted by atomic mass is 9.70. The molecule has 3 aromatic rings. The molecule has 0 radical (unpaired) electrons. The second-order valence-corrected chi connectivity index (χ2v) is 11.0. The van der Waals surface area contributed by atoms with Crippen molar-refractivity contribution in [3.05, 3.63) is 94.0 Å². The van der Waals surface area contributed by atoms with Gasteiger partial charge in [-0.25, -0.2) is 0 Å². The van der Waals surface area contributed by atoms with Crippen LogP contribution in [0.5, 0.6) is 0 Å². The van der Waals surface area contributed by atoms with Crippen LogP contribution in [-0.2, 0) is 11.8 Å². The molecule has 1 aliphatic rings. The molecule has 1 aliphatic carbocycles. The second-order valence-electron chi connectivity index (χ2n) is 11.0. The molecule has 4 rings (SSSR count). The highest BCUT2D eigenvalue weighted by molar-refractivity contribution is 5.99. The average molecular weight is 481 g/mol. The van der Waals surface area contributed by atoms with E-state index in [4.69, 9.17) is 0 Å². The van der Waals surface area contributed by atoms with E-state index in [0.717, 1.165) is 11.1 Å². The number of unbranched alkanes of at least 4 members (excludes halogenated alkanes) is 6. The van der Waals surface area contributed by atoms with Crippen molar-refractivity contribution >= 4 is 5.78 Å². The Labute approximate surface area is 219 Å².